The molecular formula is C17H16BrIO2. The van der Waals surface area contributed by atoms with Crippen molar-refractivity contribution >= 4 is 44.3 Å². The van der Waals surface area contributed by atoms with Crippen LogP contribution in [0.2, 0.25) is 0 Å². The Hall–Kier alpha value is -0.880. The van der Waals surface area contributed by atoms with Gasteiger partial charge in [0.05, 0.1) is 0 Å². The van der Waals surface area contributed by atoms with Crippen molar-refractivity contribution in [2.45, 2.75) is 19.8 Å². The van der Waals surface area contributed by atoms with E-state index in [-0.39, 0.29) is 12.4 Å². The van der Waals surface area contributed by atoms with Crippen LogP contribution in [0.25, 0.3) is 0 Å². The number of Topliss-reactive ketones (excluding diaryl/α,β-unsaturated/α-hetero) is 1. The van der Waals surface area contributed by atoms with Gasteiger partial charge in [0.2, 0.25) is 0 Å². The molecule has 0 spiro atoms. The summed E-state index contributed by atoms with van der Waals surface area (Å²) in [7, 11) is 0. The summed E-state index contributed by atoms with van der Waals surface area (Å²) < 4.78 is 7.86. The van der Waals surface area contributed by atoms with Crippen molar-refractivity contribution < 1.29 is 9.53 Å². The number of benzene rings is 2. The molecule has 21 heavy (non-hydrogen) atoms. The Bertz CT molecular complexity index is 636. The van der Waals surface area contributed by atoms with Crippen LogP contribution in [-0.4, -0.2) is 12.4 Å². The van der Waals surface area contributed by atoms with Gasteiger partial charge in [-0.15, -0.1) is 0 Å². The molecule has 0 radical (unpaired) electrons. The van der Waals surface area contributed by atoms with E-state index in [1.165, 1.54) is 0 Å². The van der Waals surface area contributed by atoms with Crippen LogP contribution < -0.4 is 4.74 Å². The highest BCUT2D eigenvalue weighted by Crippen LogP contribution is 2.29. The summed E-state index contributed by atoms with van der Waals surface area (Å²) in [5.74, 6) is 1.10. The molecule has 0 aromatic heterocycles. The summed E-state index contributed by atoms with van der Waals surface area (Å²) >= 11 is 5.68. The van der Waals surface area contributed by atoms with Crippen molar-refractivity contribution in [3.8, 4) is 5.75 Å². The Labute approximate surface area is 147 Å². The van der Waals surface area contributed by atoms with Crippen molar-refractivity contribution in [3.63, 3.8) is 0 Å². The first-order chi connectivity index (χ1) is 9.97. The Kier molecular flexibility index (Phi) is 5.81. The number of rotatable bonds is 5. The van der Waals surface area contributed by atoms with Crippen molar-refractivity contribution in [1.82, 2.24) is 0 Å². The highest BCUT2D eigenvalue weighted by atomic mass is 127. The molecule has 0 fully saturated rings. The van der Waals surface area contributed by atoms with Crippen LogP contribution in [0.3, 0.4) is 0 Å². The summed E-state index contributed by atoms with van der Waals surface area (Å²) in [4.78, 5) is 12.1. The molecule has 0 aliphatic carbocycles. The second-order valence-corrected chi connectivity index (χ2v) is 7.22. The fourth-order valence-corrected chi connectivity index (χ4v) is 2.70. The van der Waals surface area contributed by atoms with Gasteiger partial charge in [0.25, 0.3) is 0 Å². The fourth-order valence-electron chi connectivity index (χ4n) is 1.96. The van der Waals surface area contributed by atoms with Gasteiger partial charge in [0.1, 0.15) is 5.75 Å². The lowest BCUT2D eigenvalue weighted by Gasteiger charge is -2.14. The minimum absolute atomic E-state index is 0.0102. The predicted molar refractivity (Wildman–Crippen MR) is 97.2 cm³/mol. The van der Waals surface area contributed by atoms with Crippen molar-refractivity contribution in [2.75, 3.05) is 6.61 Å². The lowest BCUT2D eigenvalue weighted by molar-refractivity contribution is 0.0920. The van der Waals surface area contributed by atoms with Crippen LogP contribution in [-0.2, 0) is 0 Å². The second kappa shape index (κ2) is 7.40. The quantitative estimate of drug-likeness (QED) is 0.440. The van der Waals surface area contributed by atoms with Crippen LogP contribution in [0.15, 0.2) is 46.9 Å². The van der Waals surface area contributed by atoms with E-state index in [0.29, 0.717) is 11.5 Å². The maximum Gasteiger partial charge on any atom is 0.200 e. The van der Waals surface area contributed by atoms with Crippen LogP contribution in [0, 0.1) is 3.57 Å². The van der Waals surface area contributed by atoms with E-state index in [1.807, 2.05) is 42.5 Å². The lowest BCUT2D eigenvalue weighted by Crippen LogP contribution is -2.12. The van der Waals surface area contributed by atoms with E-state index in [0.717, 1.165) is 19.4 Å². The molecule has 0 aliphatic heterocycles. The summed E-state index contributed by atoms with van der Waals surface area (Å²) in [5, 5.41) is 0. The molecule has 0 atom stereocenters. The predicted octanol–water partition coefficient (Wildman–Crippen LogP) is 5.44. The molecular weight excluding hydrogens is 443 g/mol. The third-order valence-electron chi connectivity index (χ3n) is 3.12. The first-order valence-electron chi connectivity index (χ1n) is 6.68. The average molecular weight is 459 g/mol. The number of ketones is 1. The number of hydrogen-bond acceptors (Lipinski definition) is 2. The highest BCUT2D eigenvalue weighted by molar-refractivity contribution is 14.1. The Morgan fingerprint density at radius 2 is 1.86 bits per heavy atom. The molecule has 0 bridgehead atoms. The van der Waals surface area contributed by atoms with Gasteiger partial charge in [-0.05, 0) is 64.4 Å². The van der Waals surface area contributed by atoms with E-state index in [1.54, 1.807) is 0 Å². The fraction of sp³-hybridized carbons (Fsp3) is 0.235. The number of carbonyl (C=O) groups is 1. The van der Waals surface area contributed by atoms with Crippen molar-refractivity contribution in [3.05, 3.63) is 61.6 Å². The van der Waals surface area contributed by atoms with Gasteiger partial charge in [0.15, 0.2) is 12.4 Å². The summed E-state index contributed by atoms with van der Waals surface area (Å²) in [6, 6.07) is 13.4. The summed E-state index contributed by atoms with van der Waals surface area (Å²) in [6.07, 6.45) is 0. The van der Waals surface area contributed by atoms with Gasteiger partial charge in [-0.1, -0.05) is 41.9 Å². The molecule has 0 amide bonds. The highest BCUT2D eigenvalue weighted by Gasteiger charge is 2.11. The molecule has 110 valence electrons. The van der Waals surface area contributed by atoms with Gasteiger partial charge in [-0.25, -0.2) is 0 Å². The topological polar surface area (TPSA) is 26.3 Å². The molecule has 0 aliphatic rings. The number of ether oxygens (including phenoxy) is 1. The zero-order valence-corrected chi connectivity index (χ0v) is 15.6. The molecule has 0 saturated heterocycles. The maximum absolute atomic E-state index is 12.1. The van der Waals surface area contributed by atoms with E-state index >= 15 is 0 Å². The molecule has 0 heterocycles. The van der Waals surface area contributed by atoms with Gasteiger partial charge >= 0.3 is 0 Å². The minimum Gasteiger partial charge on any atom is -0.485 e. The summed E-state index contributed by atoms with van der Waals surface area (Å²) in [5.41, 5.74) is 1.78. The summed E-state index contributed by atoms with van der Waals surface area (Å²) in [6.45, 7) is 4.27. The minimum atomic E-state index is -0.0102. The SMILES string of the molecule is CC(C)c1cc(Br)ccc1OCC(=O)c1ccc(I)cc1. The van der Waals surface area contributed by atoms with Gasteiger partial charge in [0, 0.05) is 13.6 Å². The van der Waals surface area contributed by atoms with E-state index in [4.69, 9.17) is 4.74 Å². The van der Waals surface area contributed by atoms with E-state index < -0.39 is 0 Å². The van der Waals surface area contributed by atoms with Crippen LogP contribution in [0.5, 0.6) is 5.75 Å². The molecule has 2 aromatic rings. The third-order valence-corrected chi connectivity index (χ3v) is 4.33. The van der Waals surface area contributed by atoms with Crippen molar-refractivity contribution in [1.29, 1.82) is 0 Å². The first-order valence-corrected chi connectivity index (χ1v) is 8.55. The zero-order chi connectivity index (χ0) is 15.4. The average Bonchev–Trinajstić information content (AvgIpc) is 2.46. The van der Waals surface area contributed by atoms with Gasteiger partial charge in [-0.2, -0.15) is 0 Å². The second-order valence-electron chi connectivity index (χ2n) is 5.06. The molecule has 0 N–H and O–H groups in total. The molecule has 4 heteroatoms. The van der Waals surface area contributed by atoms with E-state index in [9.17, 15) is 4.79 Å². The molecule has 2 nitrogen and oxygen atoms in total. The number of hydrogen-bond donors (Lipinski definition) is 0. The number of carbonyl (C=O) groups excluding carboxylic acids is 1. The Morgan fingerprint density at radius 3 is 2.48 bits per heavy atom. The maximum atomic E-state index is 12.1. The molecule has 0 unspecified atom stereocenters. The Morgan fingerprint density at radius 1 is 1.19 bits per heavy atom. The lowest BCUT2D eigenvalue weighted by atomic mass is 10.0. The van der Waals surface area contributed by atoms with Crippen LogP contribution in [0.4, 0.5) is 0 Å². The van der Waals surface area contributed by atoms with Crippen molar-refractivity contribution in [2.24, 2.45) is 0 Å². The normalized spacial score (nSPS) is 10.7. The molecule has 2 rings (SSSR count). The standard InChI is InChI=1S/C17H16BrIO2/c1-11(2)15-9-13(18)5-8-17(15)21-10-16(20)12-3-6-14(19)7-4-12/h3-9,11H,10H2,1-2H3. The van der Waals surface area contributed by atoms with Gasteiger partial charge < -0.3 is 4.74 Å². The Balaban J connectivity index is 2.09. The first kappa shape index (κ1) is 16.5. The van der Waals surface area contributed by atoms with Crippen LogP contribution in [0.1, 0.15) is 35.7 Å². The third kappa shape index (κ3) is 4.54. The monoisotopic (exact) mass is 458 g/mol. The van der Waals surface area contributed by atoms with Gasteiger partial charge in [-0.3, -0.25) is 4.79 Å². The molecule has 2 aromatic carbocycles. The molecule has 0 saturated carbocycles. The van der Waals surface area contributed by atoms with E-state index in [2.05, 4.69) is 52.4 Å². The smallest absolute Gasteiger partial charge is 0.200 e. The largest absolute Gasteiger partial charge is 0.485 e. The zero-order valence-electron chi connectivity index (χ0n) is 11.9. The van der Waals surface area contributed by atoms with Crippen LogP contribution >= 0.6 is 38.5 Å². The number of halogens is 2.